The number of hydrogen-bond donors (Lipinski definition) is 1. The molecule has 0 fully saturated rings. The van der Waals surface area contributed by atoms with E-state index in [1.807, 2.05) is 29.3 Å². The van der Waals surface area contributed by atoms with E-state index in [9.17, 15) is 0 Å². The predicted octanol–water partition coefficient (Wildman–Crippen LogP) is 2.84. The van der Waals surface area contributed by atoms with Crippen LogP contribution in [0.5, 0.6) is 0 Å². The average Bonchev–Trinajstić information content (AvgIpc) is 3.01. The van der Waals surface area contributed by atoms with E-state index in [0.29, 0.717) is 6.04 Å². The van der Waals surface area contributed by atoms with E-state index < -0.39 is 0 Å². The first-order chi connectivity index (χ1) is 9.63. The third-order valence-electron chi connectivity index (χ3n) is 3.67. The fraction of sp³-hybridized carbons (Fsp3) is 0.600. The number of aromatic nitrogens is 3. The summed E-state index contributed by atoms with van der Waals surface area (Å²) < 4.78 is 1.86. The Balaban J connectivity index is 1.94. The van der Waals surface area contributed by atoms with Gasteiger partial charge in [-0.05, 0) is 39.5 Å². The highest BCUT2D eigenvalue weighted by molar-refractivity contribution is 7.11. The molecule has 0 aliphatic heterocycles. The summed E-state index contributed by atoms with van der Waals surface area (Å²) in [5.41, 5.74) is 2.53. The van der Waals surface area contributed by atoms with Gasteiger partial charge in [0.1, 0.15) is 5.01 Å². The van der Waals surface area contributed by atoms with Gasteiger partial charge in [0.05, 0.1) is 17.9 Å². The van der Waals surface area contributed by atoms with Crippen LogP contribution in [-0.2, 0) is 19.9 Å². The number of rotatable bonds is 4. The van der Waals surface area contributed by atoms with Crippen LogP contribution in [0.25, 0.3) is 0 Å². The molecule has 0 saturated carbocycles. The third kappa shape index (κ3) is 2.79. The minimum absolute atomic E-state index is 0.166. The molecule has 1 aliphatic rings. The zero-order valence-electron chi connectivity index (χ0n) is 12.4. The van der Waals surface area contributed by atoms with Crippen molar-refractivity contribution in [1.29, 1.82) is 0 Å². The molecule has 0 bridgehead atoms. The molecule has 0 saturated heterocycles. The molecule has 2 aromatic heterocycles. The molecule has 4 nitrogen and oxygen atoms in total. The number of nitrogens with one attached hydrogen (secondary N) is 1. The summed E-state index contributed by atoms with van der Waals surface area (Å²) in [6, 6.07) is 0.584. The Bertz CT molecular complexity index is 561. The molecule has 5 heteroatoms. The summed E-state index contributed by atoms with van der Waals surface area (Å²) in [4.78, 5) is 6.40. The number of thiazole rings is 1. The molecule has 108 valence electrons. The Kier molecular flexibility index (Phi) is 3.89. The van der Waals surface area contributed by atoms with Crippen LogP contribution in [0, 0.1) is 0 Å². The summed E-state index contributed by atoms with van der Waals surface area (Å²) in [5.74, 6) is 0. The number of aryl methyl sites for hydroxylation is 3. The first-order valence-corrected chi connectivity index (χ1v) is 8.18. The van der Waals surface area contributed by atoms with Crippen molar-refractivity contribution < 1.29 is 0 Å². The van der Waals surface area contributed by atoms with Crippen molar-refractivity contribution in [3.63, 3.8) is 0 Å². The van der Waals surface area contributed by atoms with Gasteiger partial charge in [0.25, 0.3) is 0 Å². The molecule has 0 radical (unpaired) electrons. The summed E-state index contributed by atoms with van der Waals surface area (Å²) >= 11 is 1.88. The van der Waals surface area contributed by atoms with Crippen molar-refractivity contribution in [3.05, 3.63) is 33.5 Å². The van der Waals surface area contributed by atoms with E-state index in [4.69, 9.17) is 4.98 Å². The maximum Gasteiger partial charge on any atom is 0.115 e. The molecule has 1 aliphatic carbocycles. The molecular formula is C15H22N4S. The van der Waals surface area contributed by atoms with Crippen molar-refractivity contribution in [2.24, 2.45) is 7.05 Å². The van der Waals surface area contributed by atoms with Gasteiger partial charge in [0, 0.05) is 29.7 Å². The first kappa shape index (κ1) is 13.8. The van der Waals surface area contributed by atoms with Gasteiger partial charge in [-0.2, -0.15) is 5.10 Å². The van der Waals surface area contributed by atoms with Gasteiger partial charge >= 0.3 is 0 Å². The average molecular weight is 290 g/mol. The van der Waals surface area contributed by atoms with Gasteiger partial charge < -0.3 is 5.32 Å². The van der Waals surface area contributed by atoms with E-state index in [-0.39, 0.29) is 6.04 Å². The highest BCUT2D eigenvalue weighted by Crippen LogP contribution is 2.32. The molecular weight excluding hydrogens is 268 g/mol. The lowest BCUT2D eigenvalue weighted by atomic mass is 10.0. The van der Waals surface area contributed by atoms with E-state index in [1.54, 1.807) is 0 Å². The second-order valence-electron chi connectivity index (χ2n) is 5.83. The lowest BCUT2D eigenvalue weighted by molar-refractivity contribution is 0.525. The van der Waals surface area contributed by atoms with Gasteiger partial charge in [-0.1, -0.05) is 0 Å². The predicted molar refractivity (Wildman–Crippen MR) is 82.1 cm³/mol. The Hall–Kier alpha value is -1.20. The van der Waals surface area contributed by atoms with E-state index in [0.717, 1.165) is 6.42 Å². The Labute approximate surface area is 124 Å². The zero-order chi connectivity index (χ0) is 14.1. The maximum atomic E-state index is 4.91. The normalized spacial score (nSPS) is 16.4. The first-order valence-electron chi connectivity index (χ1n) is 7.36. The van der Waals surface area contributed by atoms with Gasteiger partial charge in [-0.15, -0.1) is 11.3 Å². The minimum Gasteiger partial charge on any atom is -0.302 e. The topological polar surface area (TPSA) is 42.7 Å². The molecule has 0 amide bonds. The Morgan fingerprint density at radius 1 is 1.30 bits per heavy atom. The molecule has 3 rings (SSSR count). The fourth-order valence-corrected chi connectivity index (χ4v) is 3.97. The van der Waals surface area contributed by atoms with E-state index in [2.05, 4.69) is 30.5 Å². The van der Waals surface area contributed by atoms with Gasteiger partial charge in [-0.25, -0.2) is 4.98 Å². The Morgan fingerprint density at radius 2 is 2.10 bits per heavy atom. The van der Waals surface area contributed by atoms with Crippen LogP contribution >= 0.6 is 11.3 Å². The van der Waals surface area contributed by atoms with Gasteiger partial charge in [-0.3, -0.25) is 4.68 Å². The minimum atomic E-state index is 0.166. The van der Waals surface area contributed by atoms with Gasteiger partial charge in [0.15, 0.2) is 0 Å². The molecule has 2 heterocycles. The molecule has 20 heavy (non-hydrogen) atoms. The van der Waals surface area contributed by atoms with Gasteiger partial charge in [0.2, 0.25) is 0 Å². The number of nitrogens with zero attached hydrogens (tertiary/aromatic N) is 3. The van der Waals surface area contributed by atoms with Crippen molar-refractivity contribution in [1.82, 2.24) is 20.1 Å². The standard InChI is InChI=1S/C15H22N4S/c1-10(2)17-14(11-8-16-19(3)9-11)15-18-12-6-4-5-7-13(12)20-15/h8-10,14,17H,4-7H2,1-3H3. The number of hydrogen-bond acceptors (Lipinski definition) is 4. The second-order valence-corrected chi connectivity index (χ2v) is 6.95. The lowest BCUT2D eigenvalue weighted by Crippen LogP contribution is -2.28. The Morgan fingerprint density at radius 3 is 2.75 bits per heavy atom. The van der Waals surface area contributed by atoms with Crippen molar-refractivity contribution >= 4 is 11.3 Å². The van der Waals surface area contributed by atoms with Crippen LogP contribution in [0.2, 0.25) is 0 Å². The maximum absolute atomic E-state index is 4.91. The highest BCUT2D eigenvalue weighted by atomic mass is 32.1. The molecule has 0 spiro atoms. The van der Waals surface area contributed by atoms with Crippen LogP contribution in [0.3, 0.4) is 0 Å². The highest BCUT2D eigenvalue weighted by Gasteiger charge is 2.23. The van der Waals surface area contributed by atoms with Crippen molar-refractivity contribution in [3.8, 4) is 0 Å². The van der Waals surface area contributed by atoms with E-state index >= 15 is 0 Å². The molecule has 1 unspecified atom stereocenters. The monoisotopic (exact) mass is 290 g/mol. The SMILES string of the molecule is CC(C)NC(c1cnn(C)c1)c1nc2c(s1)CCCC2. The fourth-order valence-electron chi connectivity index (χ4n) is 2.73. The number of fused-ring (bicyclic) bond motifs is 1. The summed E-state index contributed by atoms with van der Waals surface area (Å²) in [6.07, 6.45) is 8.97. The summed E-state index contributed by atoms with van der Waals surface area (Å²) in [6.45, 7) is 4.35. The van der Waals surface area contributed by atoms with Crippen molar-refractivity contribution in [2.45, 2.75) is 51.6 Å². The molecule has 0 aromatic carbocycles. The van der Waals surface area contributed by atoms with Crippen LogP contribution in [0.1, 0.15) is 53.9 Å². The largest absolute Gasteiger partial charge is 0.302 e. The van der Waals surface area contributed by atoms with Crippen LogP contribution in [-0.4, -0.2) is 20.8 Å². The summed E-state index contributed by atoms with van der Waals surface area (Å²) in [5, 5.41) is 9.13. The van der Waals surface area contributed by atoms with Crippen LogP contribution < -0.4 is 5.32 Å². The molecule has 1 N–H and O–H groups in total. The third-order valence-corrected chi connectivity index (χ3v) is 4.89. The molecule has 1 atom stereocenters. The van der Waals surface area contributed by atoms with Crippen LogP contribution in [0.4, 0.5) is 0 Å². The summed E-state index contributed by atoms with van der Waals surface area (Å²) in [7, 11) is 1.96. The second kappa shape index (κ2) is 5.66. The zero-order valence-corrected chi connectivity index (χ0v) is 13.2. The quantitative estimate of drug-likeness (QED) is 0.941. The molecule has 2 aromatic rings. The van der Waals surface area contributed by atoms with Crippen LogP contribution in [0.15, 0.2) is 12.4 Å². The van der Waals surface area contributed by atoms with E-state index in [1.165, 1.54) is 40.4 Å². The van der Waals surface area contributed by atoms with Crippen molar-refractivity contribution in [2.75, 3.05) is 0 Å². The smallest absolute Gasteiger partial charge is 0.115 e. The lowest BCUT2D eigenvalue weighted by Gasteiger charge is -2.17.